The van der Waals surface area contributed by atoms with Gasteiger partial charge >= 0.3 is 5.97 Å². The molecule has 1 saturated carbocycles. The summed E-state index contributed by atoms with van der Waals surface area (Å²) in [5.41, 5.74) is 3.71. The lowest BCUT2D eigenvalue weighted by Gasteiger charge is -2.27. The minimum Gasteiger partial charge on any atom is -0.490 e. The van der Waals surface area contributed by atoms with Crippen LogP contribution in [0.15, 0.2) is 60.4 Å². The minimum absolute atomic E-state index is 0.0877. The van der Waals surface area contributed by atoms with Crippen LogP contribution in [0.4, 0.5) is 0 Å². The molecular weight excluding hydrogens is 470 g/mol. The number of carbonyl (C=O) groups excluding carboxylic acids is 1. The first-order valence-electron chi connectivity index (χ1n) is 12.7. The normalized spacial score (nSPS) is 19.6. The molecule has 2 heterocycles. The summed E-state index contributed by atoms with van der Waals surface area (Å²) in [6.07, 6.45) is 2.89. The van der Waals surface area contributed by atoms with Crippen LogP contribution in [-0.2, 0) is 29.7 Å². The number of carboxylic acid groups (broad SMARTS) is 1. The molecule has 2 aromatic carbocycles. The molecule has 9 nitrogen and oxygen atoms in total. The Balaban J connectivity index is 1.27. The molecule has 37 heavy (non-hydrogen) atoms. The standard InChI is InChI=1S/C28H31N5O4/c1-31-25(18-33-15-14-32(26(33)19-34)17-20-6-3-2-4-7-20)27(29-30-31)21-10-12-23(13-11-21)37-24-9-5-8-22(16-24)28(35)36/h2-4,6-7,10-13,22,24H,5,8-9,14-18H2,1H3,(H,35,36)/t22-,24-/m0/s1. The first-order valence-corrected chi connectivity index (χ1v) is 12.7. The summed E-state index contributed by atoms with van der Waals surface area (Å²) in [6, 6.07) is 17.8. The van der Waals surface area contributed by atoms with Crippen LogP contribution in [0.2, 0.25) is 0 Å². The lowest BCUT2D eigenvalue weighted by molar-refractivity contribution is -0.143. The maximum Gasteiger partial charge on any atom is 0.306 e. The van der Waals surface area contributed by atoms with E-state index in [1.807, 2.05) is 54.4 Å². The van der Waals surface area contributed by atoms with Crippen molar-refractivity contribution in [1.82, 2.24) is 24.8 Å². The summed E-state index contributed by atoms with van der Waals surface area (Å²) in [4.78, 5) is 27.3. The number of benzene rings is 2. The molecule has 9 heteroatoms. The largest absolute Gasteiger partial charge is 0.490 e. The highest BCUT2D eigenvalue weighted by Gasteiger charge is 2.29. The fourth-order valence-corrected chi connectivity index (χ4v) is 5.21. The Labute approximate surface area is 215 Å². The van der Waals surface area contributed by atoms with E-state index < -0.39 is 5.97 Å². The van der Waals surface area contributed by atoms with E-state index in [0.717, 1.165) is 41.9 Å². The van der Waals surface area contributed by atoms with Crippen LogP contribution >= 0.6 is 0 Å². The maximum atomic E-state index is 11.9. The molecule has 0 spiro atoms. The number of rotatable bonds is 8. The highest BCUT2D eigenvalue weighted by atomic mass is 16.5. The predicted molar refractivity (Wildman–Crippen MR) is 137 cm³/mol. The fraction of sp³-hybridized carbons (Fsp3) is 0.393. The monoisotopic (exact) mass is 501 g/mol. The predicted octanol–water partition coefficient (Wildman–Crippen LogP) is 3.50. The van der Waals surface area contributed by atoms with Crippen LogP contribution in [0, 0.1) is 5.92 Å². The summed E-state index contributed by atoms with van der Waals surface area (Å²) in [7, 11) is 1.85. The van der Waals surface area contributed by atoms with Crippen molar-refractivity contribution < 1.29 is 19.4 Å². The highest BCUT2D eigenvalue weighted by Crippen LogP contribution is 2.30. The van der Waals surface area contributed by atoms with Crippen LogP contribution in [-0.4, -0.2) is 61.0 Å². The molecule has 0 bridgehead atoms. The van der Waals surface area contributed by atoms with E-state index in [4.69, 9.17) is 4.74 Å². The van der Waals surface area contributed by atoms with Crippen LogP contribution in [0.3, 0.4) is 0 Å². The van der Waals surface area contributed by atoms with Gasteiger partial charge < -0.3 is 19.6 Å². The Morgan fingerprint density at radius 2 is 1.78 bits per heavy atom. The van der Waals surface area contributed by atoms with E-state index in [9.17, 15) is 14.7 Å². The zero-order valence-corrected chi connectivity index (χ0v) is 20.9. The van der Waals surface area contributed by atoms with Gasteiger partial charge in [-0.05, 0) is 55.5 Å². The number of carbonyl (C=O) groups is 1. The van der Waals surface area contributed by atoms with Crippen molar-refractivity contribution in [3.8, 4) is 17.0 Å². The Kier molecular flexibility index (Phi) is 7.23. The third kappa shape index (κ3) is 5.52. The second-order valence-electron chi connectivity index (χ2n) is 9.73. The lowest BCUT2D eigenvalue weighted by atomic mass is 9.87. The number of ether oxygens (including phenoxy) is 1. The van der Waals surface area contributed by atoms with Gasteiger partial charge in [0.15, 0.2) is 11.8 Å². The van der Waals surface area contributed by atoms with Crippen LogP contribution < -0.4 is 4.74 Å². The molecule has 5 rings (SSSR count). The van der Waals surface area contributed by atoms with E-state index in [2.05, 4.69) is 33.3 Å². The van der Waals surface area contributed by atoms with E-state index in [1.165, 1.54) is 0 Å². The van der Waals surface area contributed by atoms with Crippen molar-refractivity contribution in [1.29, 1.82) is 0 Å². The number of hydrogen-bond donors (Lipinski definition) is 1. The fourth-order valence-electron chi connectivity index (χ4n) is 5.21. The molecular formula is C28H31N5O4. The molecule has 192 valence electrons. The third-order valence-electron chi connectivity index (χ3n) is 7.24. The molecule has 2 aliphatic rings. The number of aromatic nitrogens is 3. The molecule has 2 atom stereocenters. The summed E-state index contributed by atoms with van der Waals surface area (Å²) >= 11 is 0. The average Bonchev–Trinajstić information content (AvgIpc) is 3.48. The van der Waals surface area contributed by atoms with E-state index in [1.54, 1.807) is 4.68 Å². The Morgan fingerprint density at radius 3 is 2.49 bits per heavy atom. The van der Waals surface area contributed by atoms with Gasteiger partial charge in [0.05, 0.1) is 24.3 Å². The molecule has 3 aromatic rings. The summed E-state index contributed by atoms with van der Waals surface area (Å²) in [5.74, 6) is 2.33. The van der Waals surface area contributed by atoms with Crippen molar-refractivity contribution in [2.24, 2.45) is 13.0 Å². The smallest absolute Gasteiger partial charge is 0.306 e. The van der Waals surface area contributed by atoms with Gasteiger partial charge in [-0.15, -0.1) is 5.10 Å². The molecule has 1 aliphatic heterocycles. The summed E-state index contributed by atoms with van der Waals surface area (Å²) in [6.45, 7) is 2.61. The molecule has 1 N–H and O–H groups in total. The third-order valence-corrected chi connectivity index (χ3v) is 7.24. The van der Waals surface area contributed by atoms with Crippen molar-refractivity contribution in [3.63, 3.8) is 0 Å². The van der Waals surface area contributed by atoms with Crippen molar-refractivity contribution in [3.05, 3.63) is 71.7 Å². The van der Waals surface area contributed by atoms with E-state index in [-0.39, 0.29) is 12.0 Å². The number of hydrogen-bond acceptors (Lipinski definition) is 7. The molecule has 0 amide bonds. The van der Waals surface area contributed by atoms with Gasteiger partial charge in [-0.2, -0.15) is 0 Å². The first kappa shape index (κ1) is 24.6. The van der Waals surface area contributed by atoms with E-state index >= 15 is 0 Å². The van der Waals surface area contributed by atoms with Gasteiger partial charge in [0.1, 0.15) is 11.4 Å². The highest BCUT2D eigenvalue weighted by molar-refractivity contribution is 5.70. The Morgan fingerprint density at radius 1 is 1.05 bits per heavy atom. The number of aliphatic carboxylic acids is 1. The van der Waals surface area contributed by atoms with Crippen LogP contribution in [0.25, 0.3) is 11.3 Å². The number of nitrogens with zero attached hydrogens (tertiary/aromatic N) is 5. The minimum atomic E-state index is -0.743. The zero-order chi connectivity index (χ0) is 25.8. The molecule has 1 aliphatic carbocycles. The van der Waals surface area contributed by atoms with Crippen molar-refractivity contribution >= 4 is 11.9 Å². The molecule has 2 fully saturated rings. The van der Waals surface area contributed by atoms with Gasteiger partial charge in [0.25, 0.3) is 0 Å². The average molecular weight is 502 g/mol. The van der Waals surface area contributed by atoms with Crippen molar-refractivity contribution in [2.45, 2.75) is 44.9 Å². The summed E-state index contributed by atoms with van der Waals surface area (Å²) < 4.78 is 7.84. The van der Waals surface area contributed by atoms with Crippen LogP contribution in [0.1, 0.15) is 36.9 Å². The topological polar surface area (TPSA) is 101 Å². The van der Waals surface area contributed by atoms with Gasteiger partial charge in [-0.1, -0.05) is 35.5 Å². The number of carboxylic acids is 1. The molecule has 1 aromatic heterocycles. The van der Waals surface area contributed by atoms with Crippen molar-refractivity contribution in [2.75, 3.05) is 13.1 Å². The summed E-state index contributed by atoms with van der Waals surface area (Å²) in [5, 5.41) is 18.0. The molecule has 1 saturated heterocycles. The quantitative estimate of drug-likeness (QED) is 0.468. The molecule has 0 radical (unpaired) electrons. The molecule has 0 unspecified atom stereocenters. The second-order valence-corrected chi connectivity index (χ2v) is 9.73. The Bertz CT molecular complexity index is 1280. The van der Waals surface area contributed by atoms with Gasteiger partial charge in [-0.25, -0.2) is 9.48 Å². The van der Waals surface area contributed by atoms with Crippen LogP contribution in [0.5, 0.6) is 5.75 Å². The second kappa shape index (κ2) is 10.9. The lowest BCUT2D eigenvalue weighted by Crippen LogP contribution is -2.29. The Hall–Kier alpha value is -4.10. The zero-order valence-electron chi connectivity index (χ0n) is 20.9. The van der Waals surface area contributed by atoms with Gasteiger partial charge in [0, 0.05) is 32.2 Å². The van der Waals surface area contributed by atoms with E-state index in [0.29, 0.717) is 44.0 Å². The SMILES string of the molecule is Cn1nnc(-c2ccc(O[C@H]3CCC[C@H](C(=O)O)C3)cc2)c1CN1CCN(Cc2ccccc2)C1=C=O. The first-order chi connectivity index (χ1) is 18.0. The van der Waals surface area contributed by atoms with Gasteiger partial charge in [0.2, 0.25) is 0 Å². The van der Waals surface area contributed by atoms with Gasteiger partial charge in [-0.3, -0.25) is 4.79 Å². The number of aryl methyl sites for hydroxylation is 1. The maximum absolute atomic E-state index is 11.9.